The Balaban J connectivity index is 1.89. The summed E-state index contributed by atoms with van der Waals surface area (Å²) in [6, 6.07) is 6.32. The van der Waals surface area contributed by atoms with Crippen LogP contribution < -0.4 is 9.47 Å². The van der Waals surface area contributed by atoms with Crippen molar-refractivity contribution in [3.05, 3.63) is 23.8 Å². The second-order valence-electron chi connectivity index (χ2n) is 4.88. The summed E-state index contributed by atoms with van der Waals surface area (Å²) in [6.07, 6.45) is 4.99. The lowest BCUT2D eigenvalue weighted by molar-refractivity contribution is 0.171. The van der Waals surface area contributed by atoms with E-state index in [0.29, 0.717) is 13.2 Å². The topological polar surface area (TPSA) is 18.5 Å². The smallest absolute Gasteiger partial charge is 0.161 e. The summed E-state index contributed by atoms with van der Waals surface area (Å²) in [7, 11) is 0. The Morgan fingerprint density at radius 3 is 2.71 bits per heavy atom. The molecule has 1 aliphatic rings. The van der Waals surface area contributed by atoms with Crippen molar-refractivity contribution in [2.24, 2.45) is 5.92 Å². The lowest BCUT2D eigenvalue weighted by Gasteiger charge is -2.19. The van der Waals surface area contributed by atoms with Crippen LogP contribution in [0.2, 0.25) is 0 Å². The SMILES string of the molecule is CCC(C)CCCc1ccc2c(c1)OCCO2. The Morgan fingerprint density at radius 2 is 1.94 bits per heavy atom. The fourth-order valence-electron chi connectivity index (χ4n) is 2.10. The Labute approximate surface area is 104 Å². The lowest BCUT2D eigenvalue weighted by atomic mass is 9.99. The van der Waals surface area contributed by atoms with Gasteiger partial charge in [0.15, 0.2) is 11.5 Å². The molecule has 1 aliphatic heterocycles. The zero-order valence-electron chi connectivity index (χ0n) is 10.9. The highest BCUT2D eigenvalue weighted by atomic mass is 16.6. The van der Waals surface area contributed by atoms with Crippen molar-refractivity contribution in [2.75, 3.05) is 13.2 Å². The molecule has 1 aromatic carbocycles. The average Bonchev–Trinajstić information content (AvgIpc) is 2.38. The van der Waals surface area contributed by atoms with Gasteiger partial charge >= 0.3 is 0 Å². The maximum Gasteiger partial charge on any atom is 0.161 e. The van der Waals surface area contributed by atoms with Gasteiger partial charge in [-0.05, 0) is 36.5 Å². The monoisotopic (exact) mass is 234 g/mol. The molecule has 1 heterocycles. The van der Waals surface area contributed by atoms with Gasteiger partial charge in [0.25, 0.3) is 0 Å². The fourth-order valence-corrected chi connectivity index (χ4v) is 2.10. The summed E-state index contributed by atoms with van der Waals surface area (Å²) in [6.45, 7) is 5.92. The summed E-state index contributed by atoms with van der Waals surface area (Å²) in [5, 5.41) is 0. The summed E-state index contributed by atoms with van der Waals surface area (Å²) in [5.74, 6) is 2.64. The van der Waals surface area contributed by atoms with Crippen LogP contribution in [0.4, 0.5) is 0 Å². The van der Waals surface area contributed by atoms with Gasteiger partial charge in [-0.25, -0.2) is 0 Å². The molecule has 94 valence electrons. The third kappa shape index (κ3) is 3.39. The van der Waals surface area contributed by atoms with Crippen molar-refractivity contribution in [2.45, 2.75) is 39.5 Å². The van der Waals surface area contributed by atoms with E-state index in [1.807, 2.05) is 6.07 Å². The lowest BCUT2D eigenvalue weighted by Crippen LogP contribution is -2.15. The van der Waals surface area contributed by atoms with Crippen molar-refractivity contribution in [1.29, 1.82) is 0 Å². The van der Waals surface area contributed by atoms with E-state index < -0.39 is 0 Å². The molecular weight excluding hydrogens is 212 g/mol. The normalized spacial score (nSPS) is 15.6. The first-order valence-corrected chi connectivity index (χ1v) is 6.68. The number of hydrogen-bond acceptors (Lipinski definition) is 2. The molecule has 0 bridgehead atoms. The van der Waals surface area contributed by atoms with Crippen molar-refractivity contribution in [1.82, 2.24) is 0 Å². The second kappa shape index (κ2) is 5.95. The number of rotatable bonds is 5. The van der Waals surface area contributed by atoms with Gasteiger partial charge in [0.05, 0.1) is 0 Å². The second-order valence-corrected chi connectivity index (χ2v) is 4.88. The number of ether oxygens (including phenoxy) is 2. The first-order valence-electron chi connectivity index (χ1n) is 6.68. The molecule has 2 nitrogen and oxygen atoms in total. The number of aryl methyl sites for hydroxylation is 1. The molecule has 17 heavy (non-hydrogen) atoms. The standard InChI is InChI=1S/C15H22O2/c1-3-12(2)5-4-6-13-7-8-14-15(11-13)17-10-9-16-14/h7-8,11-12H,3-6,9-10H2,1-2H3. The minimum Gasteiger partial charge on any atom is -0.486 e. The zero-order valence-corrected chi connectivity index (χ0v) is 10.9. The van der Waals surface area contributed by atoms with Gasteiger partial charge in [0.2, 0.25) is 0 Å². The molecule has 0 N–H and O–H groups in total. The Morgan fingerprint density at radius 1 is 1.18 bits per heavy atom. The van der Waals surface area contributed by atoms with Crippen molar-refractivity contribution in [3.8, 4) is 11.5 Å². The highest BCUT2D eigenvalue weighted by Crippen LogP contribution is 2.31. The molecule has 1 atom stereocenters. The van der Waals surface area contributed by atoms with Crippen LogP contribution in [0.25, 0.3) is 0 Å². The minimum atomic E-state index is 0.667. The highest BCUT2D eigenvalue weighted by molar-refractivity contribution is 5.43. The first kappa shape index (κ1) is 12.3. The Hall–Kier alpha value is -1.18. The average molecular weight is 234 g/mol. The summed E-state index contributed by atoms with van der Waals surface area (Å²) >= 11 is 0. The van der Waals surface area contributed by atoms with E-state index in [1.165, 1.54) is 24.8 Å². The van der Waals surface area contributed by atoms with Gasteiger partial charge < -0.3 is 9.47 Å². The van der Waals surface area contributed by atoms with Crippen LogP contribution in [0.3, 0.4) is 0 Å². The Kier molecular flexibility index (Phi) is 4.29. The maximum atomic E-state index is 5.59. The van der Waals surface area contributed by atoms with Crippen LogP contribution in [0.1, 0.15) is 38.7 Å². The third-order valence-electron chi connectivity index (χ3n) is 3.47. The van der Waals surface area contributed by atoms with Crippen LogP contribution in [-0.4, -0.2) is 13.2 Å². The molecule has 0 fully saturated rings. The molecule has 1 aromatic rings. The molecular formula is C15H22O2. The van der Waals surface area contributed by atoms with E-state index in [-0.39, 0.29) is 0 Å². The maximum absolute atomic E-state index is 5.59. The van der Waals surface area contributed by atoms with Gasteiger partial charge in [-0.15, -0.1) is 0 Å². The molecule has 0 saturated carbocycles. The van der Waals surface area contributed by atoms with E-state index in [2.05, 4.69) is 26.0 Å². The van der Waals surface area contributed by atoms with Crippen LogP contribution in [-0.2, 0) is 6.42 Å². The molecule has 1 unspecified atom stereocenters. The zero-order chi connectivity index (χ0) is 12.1. The van der Waals surface area contributed by atoms with Crippen LogP contribution in [0.5, 0.6) is 11.5 Å². The summed E-state index contributed by atoms with van der Waals surface area (Å²) in [4.78, 5) is 0. The predicted molar refractivity (Wildman–Crippen MR) is 69.8 cm³/mol. The van der Waals surface area contributed by atoms with Gasteiger partial charge in [0.1, 0.15) is 13.2 Å². The molecule has 0 saturated heterocycles. The molecule has 0 aliphatic carbocycles. The fraction of sp³-hybridized carbons (Fsp3) is 0.600. The summed E-state index contributed by atoms with van der Waals surface area (Å²) < 4.78 is 11.1. The molecule has 2 rings (SSSR count). The van der Waals surface area contributed by atoms with Gasteiger partial charge in [-0.2, -0.15) is 0 Å². The number of fused-ring (bicyclic) bond motifs is 1. The van der Waals surface area contributed by atoms with Crippen LogP contribution >= 0.6 is 0 Å². The van der Waals surface area contributed by atoms with Gasteiger partial charge in [0, 0.05) is 0 Å². The van der Waals surface area contributed by atoms with Gasteiger partial charge in [-0.3, -0.25) is 0 Å². The first-order chi connectivity index (χ1) is 8.29. The largest absolute Gasteiger partial charge is 0.486 e. The number of hydrogen-bond donors (Lipinski definition) is 0. The van der Waals surface area contributed by atoms with Crippen LogP contribution in [0.15, 0.2) is 18.2 Å². The van der Waals surface area contributed by atoms with E-state index in [4.69, 9.17) is 9.47 Å². The van der Waals surface area contributed by atoms with Crippen molar-refractivity contribution >= 4 is 0 Å². The predicted octanol–water partition coefficient (Wildman–Crippen LogP) is 3.83. The Bertz CT molecular complexity index is 360. The number of benzene rings is 1. The molecule has 2 heteroatoms. The van der Waals surface area contributed by atoms with Gasteiger partial charge in [-0.1, -0.05) is 32.8 Å². The molecule has 0 amide bonds. The van der Waals surface area contributed by atoms with E-state index in [1.54, 1.807) is 0 Å². The van der Waals surface area contributed by atoms with E-state index in [0.717, 1.165) is 23.8 Å². The van der Waals surface area contributed by atoms with E-state index in [9.17, 15) is 0 Å². The van der Waals surface area contributed by atoms with Crippen LogP contribution in [0, 0.1) is 5.92 Å². The highest BCUT2D eigenvalue weighted by Gasteiger charge is 2.11. The molecule has 0 aromatic heterocycles. The third-order valence-corrected chi connectivity index (χ3v) is 3.47. The molecule has 0 radical (unpaired) electrons. The summed E-state index contributed by atoms with van der Waals surface area (Å²) in [5.41, 5.74) is 1.36. The molecule has 0 spiro atoms. The quantitative estimate of drug-likeness (QED) is 0.771. The van der Waals surface area contributed by atoms with Crippen molar-refractivity contribution < 1.29 is 9.47 Å². The minimum absolute atomic E-state index is 0.667. The van der Waals surface area contributed by atoms with E-state index >= 15 is 0 Å². The van der Waals surface area contributed by atoms with Crippen molar-refractivity contribution in [3.63, 3.8) is 0 Å².